The number of ether oxygens (including phenoxy) is 1. The molecule has 0 saturated heterocycles. The molecule has 0 radical (unpaired) electrons. The van der Waals surface area contributed by atoms with Gasteiger partial charge in [-0.15, -0.1) is 11.6 Å². The number of aromatic nitrogens is 2. The number of nitrogens with zero attached hydrogens (tertiary/aromatic N) is 2. The molecule has 0 aliphatic carbocycles. The molecule has 1 aromatic heterocycles. The number of aryl methyl sites for hydroxylation is 1. The van der Waals surface area contributed by atoms with Gasteiger partial charge in [0, 0.05) is 23.3 Å². The number of unbranched alkanes of at least 4 members (excludes halogenated alkanes) is 5. The molecule has 1 heterocycles. The Morgan fingerprint density at radius 3 is 2.27 bits per heavy atom. The third kappa shape index (κ3) is 7.74. The molecule has 3 nitrogen and oxygen atoms in total. The number of halogens is 1. The average molecular weight is 375 g/mol. The number of rotatable bonds is 12. The van der Waals surface area contributed by atoms with Crippen molar-refractivity contribution in [3.05, 3.63) is 42.2 Å². The molecule has 0 aliphatic rings. The number of hydrogen-bond acceptors (Lipinski definition) is 3. The quantitative estimate of drug-likeness (QED) is 0.316. The van der Waals surface area contributed by atoms with Crippen molar-refractivity contribution in [2.45, 2.75) is 70.6 Å². The van der Waals surface area contributed by atoms with Crippen molar-refractivity contribution < 1.29 is 4.74 Å². The van der Waals surface area contributed by atoms with E-state index in [4.69, 9.17) is 16.3 Å². The zero-order valence-corrected chi connectivity index (χ0v) is 16.8. The van der Waals surface area contributed by atoms with E-state index in [0.29, 0.717) is 6.61 Å². The van der Waals surface area contributed by atoms with Crippen molar-refractivity contribution in [2.24, 2.45) is 0 Å². The first kappa shape index (κ1) is 20.7. The third-order valence-corrected chi connectivity index (χ3v) is 4.64. The van der Waals surface area contributed by atoms with Crippen LogP contribution in [0.15, 0.2) is 36.7 Å². The lowest BCUT2D eigenvalue weighted by Crippen LogP contribution is -2.03. The molecule has 1 unspecified atom stereocenters. The molecule has 0 aliphatic heterocycles. The average Bonchev–Trinajstić information content (AvgIpc) is 2.65. The monoisotopic (exact) mass is 374 g/mol. The Hall–Kier alpha value is -1.61. The van der Waals surface area contributed by atoms with Crippen LogP contribution in [0, 0.1) is 0 Å². The first-order valence-corrected chi connectivity index (χ1v) is 10.3. The van der Waals surface area contributed by atoms with Gasteiger partial charge >= 0.3 is 0 Å². The maximum Gasteiger partial charge on any atom is 0.159 e. The number of hydrogen-bond donors (Lipinski definition) is 0. The zero-order chi connectivity index (χ0) is 18.6. The van der Waals surface area contributed by atoms with Gasteiger partial charge in [-0.2, -0.15) is 0 Å². The Kier molecular flexibility index (Phi) is 9.47. The molecule has 1 atom stereocenters. The molecular weight excluding hydrogens is 344 g/mol. The summed E-state index contributed by atoms with van der Waals surface area (Å²) in [5.74, 6) is 1.61. The van der Waals surface area contributed by atoms with E-state index in [2.05, 4.69) is 16.9 Å². The molecule has 26 heavy (non-hydrogen) atoms. The molecule has 2 aromatic rings. The summed E-state index contributed by atoms with van der Waals surface area (Å²) in [6.45, 7) is 4.86. The van der Waals surface area contributed by atoms with Crippen LogP contribution in [-0.4, -0.2) is 22.0 Å². The van der Waals surface area contributed by atoms with Crippen LogP contribution >= 0.6 is 11.6 Å². The van der Waals surface area contributed by atoms with Gasteiger partial charge < -0.3 is 4.74 Å². The normalized spacial score (nSPS) is 12.1. The van der Waals surface area contributed by atoms with Crippen LogP contribution in [0.5, 0.6) is 5.75 Å². The van der Waals surface area contributed by atoms with Gasteiger partial charge in [-0.1, -0.05) is 39.0 Å². The Bertz CT molecular complexity index is 611. The molecule has 2 rings (SSSR count). The third-order valence-electron chi connectivity index (χ3n) is 4.42. The van der Waals surface area contributed by atoms with E-state index >= 15 is 0 Å². The Labute approximate surface area is 163 Å². The van der Waals surface area contributed by atoms with E-state index in [9.17, 15) is 0 Å². The summed E-state index contributed by atoms with van der Waals surface area (Å²) in [6, 6.07) is 7.92. The SMILES string of the molecule is CCCCCCCCc1cnc(-c2ccc(OCCC(C)Cl)cc2)nc1. The second kappa shape index (κ2) is 11.9. The summed E-state index contributed by atoms with van der Waals surface area (Å²) in [5.41, 5.74) is 2.23. The number of benzene rings is 1. The summed E-state index contributed by atoms with van der Waals surface area (Å²) < 4.78 is 5.68. The largest absolute Gasteiger partial charge is 0.494 e. The van der Waals surface area contributed by atoms with Gasteiger partial charge in [0.2, 0.25) is 0 Å². The van der Waals surface area contributed by atoms with Gasteiger partial charge in [0.15, 0.2) is 5.82 Å². The van der Waals surface area contributed by atoms with Crippen molar-refractivity contribution in [3.8, 4) is 17.1 Å². The highest BCUT2D eigenvalue weighted by Gasteiger charge is 2.03. The molecular formula is C22H31ClN2O. The Balaban J connectivity index is 1.78. The van der Waals surface area contributed by atoms with Crippen LogP contribution in [-0.2, 0) is 6.42 Å². The van der Waals surface area contributed by atoms with Crippen LogP contribution in [0.25, 0.3) is 11.4 Å². The topological polar surface area (TPSA) is 35.0 Å². The fourth-order valence-electron chi connectivity index (χ4n) is 2.78. The second-order valence-corrected chi connectivity index (χ2v) is 7.62. The Morgan fingerprint density at radius 2 is 1.62 bits per heavy atom. The fraction of sp³-hybridized carbons (Fsp3) is 0.545. The minimum Gasteiger partial charge on any atom is -0.494 e. The predicted molar refractivity (Wildman–Crippen MR) is 110 cm³/mol. The van der Waals surface area contributed by atoms with Crippen LogP contribution in [0.2, 0.25) is 0 Å². The van der Waals surface area contributed by atoms with Crippen molar-refractivity contribution in [1.29, 1.82) is 0 Å². The summed E-state index contributed by atoms with van der Waals surface area (Å²) in [4.78, 5) is 9.05. The minimum atomic E-state index is 0.137. The van der Waals surface area contributed by atoms with Crippen LogP contribution in [0.1, 0.15) is 64.4 Å². The van der Waals surface area contributed by atoms with Gasteiger partial charge in [0.1, 0.15) is 5.75 Å². The van der Waals surface area contributed by atoms with Crippen LogP contribution < -0.4 is 4.74 Å². The lowest BCUT2D eigenvalue weighted by Gasteiger charge is -2.08. The van der Waals surface area contributed by atoms with E-state index in [1.807, 2.05) is 43.6 Å². The first-order valence-electron chi connectivity index (χ1n) is 9.87. The van der Waals surface area contributed by atoms with Gasteiger partial charge in [-0.25, -0.2) is 9.97 Å². The second-order valence-electron chi connectivity index (χ2n) is 6.87. The molecule has 0 bridgehead atoms. The summed E-state index contributed by atoms with van der Waals surface area (Å²) in [6.07, 6.45) is 13.7. The van der Waals surface area contributed by atoms with E-state index in [-0.39, 0.29) is 5.38 Å². The molecule has 142 valence electrons. The van der Waals surface area contributed by atoms with E-state index in [1.54, 1.807) is 0 Å². The highest BCUT2D eigenvalue weighted by atomic mass is 35.5. The standard InChI is InChI=1S/C22H31ClN2O/c1-3-4-5-6-7-8-9-19-16-24-22(25-17-19)20-10-12-21(13-11-20)26-15-14-18(2)23/h10-13,16-18H,3-9,14-15H2,1-2H3. The van der Waals surface area contributed by atoms with Crippen molar-refractivity contribution in [3.63, 3.8) is 0 Å². The molecule has 0 saturated carbocycles. The highest BCUT2D eigenvalue weighted by Crippen LogP contribution is 2.20. The first-order chi connectivity index (χ1) is 12.7. The summed E-state index contributed by atoms with van der Waals surface area (Å²) >= 11 is 5.93. The minimum absolute atomic E-state index is 0.137. The molecule has 0 spiro atoms. The smallest absolute Gasteiger partial charge is 0.159 e. The highest BCUT2D eigenvalue weighted by molar-refractivity contribution is 6.20. The molecule has 0 N–H and O–H groups in total. The summed E-state index contributed by atoms with van der Waals surface area (Å²) in [5, 5.41) is 0.137. The Morgan fingerprint density at radius 1 is 0.962 bits per heavy atom. The summed E-state index contributed by atoms with van der Waals surface area (Å²) in [7, 11) is 0. The van der Waals surface area contributed by atoms with Crippen molar-refractivity contribution in [2.75, 3.05) is 6.61 Å². The van der Waals surface area contributed by atoms with Gasteiger partial charge in [-0.3, -0.25) is 0 Å². The number of alkyl halides is 1. The van der Waals surface area contributed by atoms with Gasteiger partial charge in [0.05, 0.1) is 6.61 Å². The lowest BCUT2D eigenvalue weighted by atomic mass is 10.1. The molecule has 4 heteroatoms. The van der Waals surface area contributed by atoms with E-state index < -0.39 is 0 Å². The van der Waals surface area contributed by atoms with Gasteiger partial charge in [0.25, 0.3) is 0 Å². The lowest BCUT2D eigenvalue weighted by molar-refractivity contribution is 0.310. The fourth-order valence-corrected chi connectivity index (χ4v) is 2.87. The van der Waals surface area contributed by atoms with Crippen molar-refractivity contribution in [1.82, 2.24) is 9.97 Å². The van der Waals surface area contributed by atoms with Crippen LogP contribution in [0.3, 0.4) is 0 Å². The van der Waals surface area contributed by atoms with Crippen LogP contribution in [0.4, 0.5) is 0 Å². The zero-order valence-electron chi connectivity index (χ0n) is 16.1. The van der Waals surface area contributed by atoms with E-state index in [0.717, 1.165) is 30.0 Å². The maximum absolute atomic E-state index is 5.93. The predicted octanol–water partition coefficient (Wildman–Crippen LogP) is 6.44. The molecule has 0 amide bonds. The molecule has 1 aromatic carbocycles. The van der Waals surface area contributed by atoms with Gasteiger partial charge in [-0.05, 0) is 56.0 Å². The van der Waals surface area contributed by atoms with E-state index in [1.165, 1.54) is 44.1 Å². The van der Waals surface area contributed by atoms with Crippen molar-refractivity contribution >= 4 is 11.6 Å². The maximum atomic E-state index is 5.93. The molecule has 0 fully saturated rings.